The summed E-state index contributed by atoms with van der Waals surface area (Å²) >= 11 is 0. The molecular formula is C19H31N4O6P. The van der Waals surface area contributed by atoms with Gasteiger partial charge in [0.1, 0.15) is 12.3 Å². The Labute approximate surface area is 177 Å². The van der Waals surface area contributed by atoms with E-state index in [4.69, 9.17) is 14.5 Å². The van der Waals surface area contributed by atoms with Gasteiger partial charge in [-0.2, -0.15) is 5.26 Å². The summed E-state index contributed by atoms with van der Waals surface area (Å²) in [5.41, 5.74) is -1.20. The van der Waals surface area contributed by atoms with E-state index in [1.165, 1.54) is 10.8 Å². The highest BCUT2D eigenvalue weighted by atomic mass is 31.2. The Kier molecular flexibility index (Phi) is 8.34. The lowest BCUT2D eigenvalue weighted by Crippen LogP contribution is -2.45. The number of ether oxygens (including phenoxy) is 1. The number of nitrogens with zero attached hydrogens (tertiary/aromatic N) is 3. The number of aromatic amines is 1. The van der Waals surface area contributed by atoms with Crippen molar-refractivity contribution < 1.29 is 19.3 Å². The summed E-state index contributed by atoms with van der Waals surface area (Å²) in [5, 5.41) is 18.7. The van der Waals surface area contributed by atoms with E-state index >= 15 is 0 Å². The van der Waals surface area contributed by atoms with Gasteiger partial charge in [0.2, 0.25) is 0 Å². The molecule has 3 N–H and O–H groups in total. The number of hydrogen-bond acceptors (Lipinski definition) is 8. The number of aryl methyl sites for hydroxylation is 1. The molecule has 1 fully saturated rings. The molecule has 2 rings (SSSR count). The second kappa shape index (κ2) is 10.1. The molecule has 4 atom stereocenters. The van der Waals surface area contributed by atoms with Crippen LogP contribution in [-0.4, -0.2) is 54.6 Å². The molecule has 1 aromatic rings. The van der Waals surface area contributed by atoms with Crippen molar-refractivity contribution in [2.24, 2.45) is 0 Å². The lowest BCUT2D eigenvalue weighted by molar-refractivity contribution is -0.0439. The molecule has 168 valence electrons. The zero-order chi connectivity index (χ0) is 22.6. The first-order valence-corrected chi connectivity index (χ1v) is 11.1. The van der Waals surface area contributed by atoms with Crippen LogP contribution < -0.4 is 11.2 Å². The molecule has 1 aliphatic rings. The predicted molar refractivity (Wildman–Crippen MR) is 112 cm³/mol. The van der Waals surface area contributed by atoms with Crippen molar-refractivity contribution in [2.45, 2.75) is 83.9 Å². The van der Waals surface area contributed by atoms with Crippen LogP contribution in [0.3, 0.4) is 0 Å². The largest absolute Gasteiger partial charge is 0.394 e. The summed E-state index contributed by atoms with van der Waals surface area (Å²) in [4.78, 5) is 36.9. The first kappa shape index (κ1) is 24.7. The van der Waals surface area contributed by atoms with Gasteiger partial charge in [-0.05, 0) is 41.0 Å². The lowest BCUT2D eigenvalue weighted by atomic mass is 9.98. The van der Waals surface area contributed by atoms with E-state index < -0.39 is 43.7 Å². The first-order chi connectivity index (χ1) is 14.0. The number of nitrogens with one attached hydrogen (secondary N) is 1. The van der Waals surface area contributed by atoms with Crippen molar-refractivity contribution in [1.82, 2.24) is 14.2 Å². The van der Waals surface area contributed by atoms with Crippen molar-refractivity contribution in [3.63, 3.8) is 0 Å². The smallest absolute Gasteiger partial charge is 0.330 e. The maximum Gasteiger partial charge on any atom is 0.330 e. The van der Waals surface area contributed by atoms with Gasteiger partial charge in [-0.3, -0.25) is 14.3 Å². The summed E-state index contributed by atoms with van der Waals surface area (Å²) in [6, 6.07) is 2.08. The minimum atomic E-state index is -2.05. The molecule has 0 saturated carbocycles. The molecule has 1 aromatic heterocycles. The summed E-state index contributed by atoms with van der Waals surface area (Å²) in [6.45, 7) is 8.99. The average molecular weight is 442 g/mol. The van der Waals surface area contributed by atoms with Crippen LogP contribution in [0.1, 0.15) is 58.7 Å². The van der Waals surface area contributed by atoms with Gasteiger partial charge in [-0.15, -0.1) is 0 Å². The van der Waals surface area contributed by atoms with E-state index in [2.05, 4.69) is 11.1 Å². The Morgan fingerprint density at radius 3 is 2.73 bits per heavy atom. The van der Waals surface area contributed by atoms with Crippen LogP contribution in [0.15, 0.2) is 15.8 Å². The summed E-state index contributed by atoms with van der Waals surface area (Å²) in [6.07, 6.45) is 0.422. The Bertz CT molecular complexity index is 877. The molecule has 11 heteroatoms. The van der Waals surface area contributed by atoms with E-state index in [0.717, 1.165) is 0 Å². The van der Waals surface area contributed by atoms with Gasteiger partial charge in [0.15, 0.2) is 0 Å². The average Bonchev–Trinajstić information content (AvgIpc) is 3.04. The number of aromatic nitrogens is 2. The Morgan fingerprint density at radius 2 is 2.17 bits per heavy atom. The number of aliphatic hydroxyl groups is 1. The molecule has 0 spiro atoms. The summed E-state index contributed by atoms with van der Waals surface area (Å²) in [5.74, 6) is 0. The van der Waals surface area contributed by atoms with Gasteiger partial charge in [-0.25, -0.2) is 9.46 Å². The molecule has 10 nitrogen and oxygen atoms in total. The molecule has 0 radical (unpaired) electrons. The van der Waals surface area contributed by atoms with E-state index in [1.807, 2.05) is 32.4 Å². The zero-order valence-electron chi connectivity index (χ0n) is 18.0. The minimum absolute atomic E-state index is 0.0510. The molecule has 1 saturated heterocycles. The molecule has 2 heterocycles. The molecule has 0 bridgehead atoms. The van der Waals surface area contributed by atoms with Crippen molar-refractivity contribution in [3.8, 4) is 6.07 Å². The number of nitriles is 1. The van der Waals surface area contributed by atoms with Crippen molar-refractivity contribution >= 4 is 8.53 Å². The van der Waals surface area contributed by atoms with Crippen LogP contribution in [0.25, 0.3) is 0 Å². The normalized spacial score (nSPS) is 23.1. The van der Waals surface area contributed by atoms with Gasteiger partial charge in [0, 0.05) is 36.2 Å². The number of H-pyrrole nitrogens is 1. The van der Waals surface area contributed by atoms with Crippen molar-refractivity contribution in [1.29, 1.82) is 5.26 Å². The fourth-order valence-corrected chi connectivity index (χ4v) is 5.25. The van der Waals surface area contributed by atoms with E-state index in [9.17, 15) is 19.6 Å². The first-order valence-electron chi connectivity index (χ1n) is 9.92. The van der Waals surface area contributed by atoms with Gasteiger partial charge >= 0.3 is 5.69 Å². The third-order valence-corrected chi connectivity index (χ3v) is 7.02. The molecule has 0 amide bonds. The quantitative estimate of drug-likeness (QED) is 0.489. The van der Waals surface area contributed by atoms with E-state index in [-0.39, 0.29) is 19.1 Å². The monoisotopic (exact) mass is 442 g/mol. The molecule has 0 aromatic carbocycles. The van der Waals surface area contributed by atoms with E-state index in [0.29, 0.717) is 18.4 Å². The number of rotatable bonds is 9. The van der Waals surface area contributed by atoms with Gasteiger partial charge in [0.25, 0.3) is 14.1 Å². The second-order valence-corrected chi connectivity index (χ2v) is 9.48. The predicted octanol–water partition coefficient (Wildman–Crippen LogP) is 1.52. The zero-order valence-corrected chi connectivity index (χ0v) is 18.9. The Hall–Kier alpha value is -1.60. The fraction of sp³-hybridized carbons (Fsp3) is 0.737. The van der Waals surface area contributed by atoms with Crippen LogP contribution in [0.2, 0.25) is 0 Å². The highest BCUT2D eigenvalue weighted by Crippen LogP contribution is 2.49. The maximum absolute atomic E-state index is 12.2. The second-order valence-electron chi connectivity index (χ2n) is 8.33. The third kappa shape index (κ3) is 5.55. The molecular weight excluding hydrogens is 411 g/mol. The molecule has 30 heavy (non-hydrogen) atoms. The molecule has 1 unspecified atom stereocenters. The van der Waals surface area contributed by atoms with Crippen molar-refractivity contribution in [3.05, 3.63) is 32.6 Å². The Balaban J connectivity index is 2.20. The fourth-order valence-electron chi connectivity index (χ4n) is 3.72. The highest BCUT2D eigenvalue weighted by molar-refractivity contribution is 7.43. The summed E-state index contributed by atoms with van der Waals surface area (Å²) < 4.78 is 14.8. The highest BCUT2D eigenvalue weighted by Gasteiger charge is 2.42. The standard InChI is InChI=1S/C19H31N4O6P/c1-12(2)23(19(4,5)7-6-8-20)30(27)29-14-9-16(28-15(14)11-24)22-10-13(3)17(25)21-18(22)26/h10,12,14-16,24,27H,6-7,9,11H2,1-5H3,(H,21,25,26)/t14-,15+,16+,30?/m0/s1. The van der Waals surface area contributed by atoms with Crippen LogP contribution in [0.5, 0.6) is 0 Å². The van der Waals surface area contributed by atoms with Crippen LogP contribution in [0, 0.1) is 18.3 Å². The minimum Gasteiger partial charge on any atom is -0.394 e. The van der Waals surface area contributed by atoms with Crippen LogP contribution in [-0.2, 0) is 9.26 Å². The number of hydrogen-bond donors (Lipinski definition) is 3. The third-order valence-electron chi connectivity index (χ3n) is 5.19. The molecule has 0 aliphatic carbocycles. The lowest BCUT2D eigenvalue weighted by Gasteiger charge is -2.43. The maximum atomic E-state index is 12.2. The Morgan fingerprint density at radius 1 is 1.50 bits per heavy atom. The van der Waals surface area contributed by atoms with Gasteiger partial charge in [-0.1, -0.05) is 0 Å². The van der Waals surface area contributed by atoms with Crippen molar-refractivity contribution in [2.75, 3.05) is 6.61 Å². The summed E-state index contributed by atoms with van der Waals surface area (Å²) in [7, 11) is -2.05. The topological polar surface area (TPSA) is 141 Å². The van der Waals surface area contributed by atoms with Crippen LogP contribution in [0.4, 0.5) is 0 Å². The number of aliphatic hydroxyl groups excluding tert-OH is 1. The van der Waals surface area contributed by atoms with Crippen LogP contribution >= 0.6 is 8.53 Å². The van der Waals surface area contributed by atoms with Gasteiger partial charge in [0.05, 0.1) is 18.8 Å². The van der Waals surface area contributed by atoms with Gasteiger partial charge < -0.3 is 19.3 Å². The van der Waals surface area contributed by atoms with E-state index in [1.54, 1.807) is 6.92 Å². The molecule has 1 aliphatic heterocycles. The SMILES string of the molecule is Cc1cn([C@H]2C[C@H](OP(O)N(C(C)C)C(C)(C)CCC#N)[C@@H](CO)O2)c(=O)[nH]c1=O.